The lowest BCUT2D eigenvalue weighted by Gasteiger charge is -2.27. The maximum Gasteiger partial charge on any atom is 0.168 e. The number of pyridine rings is 2. The molecule has 0 saturated carbocycles. The summed E-state index contributed by atoms with van der Waals surface area (Å²) in [6, 6.07) is 8.54. The van der Waals surface area contributed by atoms with Crippen LogP contribution in [0.15, 0.2) is 55.0 Å². The summed E-state index contributed by atoms with van der Waals surface area (Å²) in [5.74, 6) is -0.690. The van der Waals surface area contributed by atoms with Crippen LogP contribution in [-0.2, 0) is 11.2 Å². The molecule has 30 heavy (non-hydrogen) atoms. The van der Waals surface area contributed by atoms with Gasteiger partial charge in [-0.25, -0.2) is 13.8 Å². The molecule has 1 aromatic carbocycles. The van der Waals surface area contributed by atoms with E-state index in [0.29, 0.717) is 30.0 Å². The number of hydrogen-bond donors (Lipinski definition) is 1. The second-order valence-corrected chi connectivity index (χ2v) is 6.89. The van der Waals surface area contributed by atoms with Crippen LogP contribution in [0, 0.1) is 11.6 Å². The van der Waals surface area contributed by atoms with Crippen molar-refractivity contribution in [1.29, 1.82) is 0 Å². The Morgan fingerprint density at radius 3 is 2.63 bits per heavy atom. The van der Waals surface area contributed by atoms with E-state index in [4.69, 9.17) is 4.74 Å². The number of carbonyl (C=O) groups is 1. The molecule has 2 aromatic heterocycles. The molecule has 154 valence electrons. The third kappa shape index (κ3) is 4.60. The van der Waals surface area contributed by atoms with Gasteiger partial charge in [0.25, 0.3) is 0 Å². The first-order chi connectivity index (χ1) is 14.6. The van der Waals surface area contributed by atoms with Crippen molar-refractivity contribution in [3.63, 3.8) is 0 Å². The van der Waals surface area contributed by atoms with E-state index in [2.05, 4.69) is 20.2 Å². The zero-order valence-electron chi connectivity index (χ0n) is 16.1. The number of Topliss-reactive ketones (excluding diaryl/α,β-unsaturated/α-hetero) is 1. The molecule has 1 saturated heterocycles. The van der Waals surface area contributed by atoms with Crippen LogP contribution in [0.5, 0.6) is 0 Å². The molecule has 0 aliphatic carbocycles. The zero-order chi connectivity index (χ0) is 20.9. The monoisotopic (exact) mass is 410 g/mol. The van der Waals surface area contributed by atoms with Crippen molar-refractivity contribution in [2.24, 2.45) is 0 Å². The van der Waals surface area contributed by atoms with Crippen molar-refractivity contribution in [3.05, 3.63) is 77.8 Å². The Morgan fingerprint density at radius 1 is 1.07 bits per heavy atom. The summed E-state index contributed by atoms with van der Waals surface area (Å²) in [7, 11) is 0. The number of morpholine rings is 1. The predicted molar refractivity (Wildman–Crippen MR) is 109 cm³/mol. The van der Waals surface area contributed by atoms with E-state index in [9.17, 15) is 13.6 Å². The summed E-state index contributed by atoms with van der Waals surface area (Å²) >= 11 is 0. The molecule has 1 fully saturated rings. The van der Waals surface area contributed by atoms with E-state index in [-0.39, 0.29) is 17.9 Å². The third-order valence-electron chi connectivity index (χ3n) is 4.87. The zero-order valence-corrected chi connectivity index (χ0v) is 16.1. The number of anilines is 3. The Morgan fingerprint density at radius 2 is 1.90 bits per heavy atom. The number of carbonyl (C=O) groups excluding carboxylic acids is 1. The first-order valence-corrected chi connectivity index (χ1v) is 9.57. The highest BCUT2D eigenvalue weighted by Crippen LogP contribution is 2.24. The SMILES string of the molecule is O=C(Cc1ccncc1Nc1ccc(F)cc1F)c1ccc(N2CCOCC2)nc1. The summed E-state index contributed by atoms with van der Waals surface area (Å²) in [6.45, 7) is 2.86. The topological polar surface area (TPSA) is 67.4 Å². The Labute approximate surface area is 172 Å². The number of halogens is 2. The number of hydrogen-bond acceptors (Lipinski definition) is 6. The lowest BCUT2D eigenvalue weighted by Crippen LogP contribution is -2.36. The molecule has 0 amide bonds. The summed E-state index contributed by atoms with van der Waals surface area (Å²) in [5, 5.41) is 2.89. The number of rotatable bonds is 6. The van der Waals surface area contributed by atoms with Crippen LogP contribution < -0.4 is 10.2 Å². The first kappa shape index (κ1) is 19.9. The fourth-order valence-corrected chi connectivity index (χ4v) is 3.23. The van der Waals surface area contributed by atoms with Gasteiger partial charge >= 0.3 is 0 Å². The lowest BCUT2D eigenvalue weighted by atomic mass is 10.0. The average molecular weight is 410 g/mol. The summed E-state index contributed by atoms with van der Waals surface area (Å²) in [6.07, 6.45) is 4.73. The minimum absolute atomic E-state index is 0.0895. The number of ether oxygens (including phenoxy) is 1. The highest BCUT2D eigenvalue weighted by molar-refractivity contribution is 5.98. The standard InChI is InChI=1S/C22H20F2N4O2/c23-17-2-3-19(18(24)12-17)27-20-14-25-6-5-15(20)11-21(29)16-1-4-22(26-13-16)28-7-9-30-10-8-28/h1-6,12-14,27H,7-11H2. The molecule has 3 heterocycles. The van der Waals surface area contributed by atoms with E-state index in [1.54, 1.807) is 24.5 Å². The van der Waals surface area contributed by atoms with Crippen molar-refractivity contribution in [2.75, 3.05) is 36.5 Å². The van der Waals surface area contributed by atoms with Crippen LogP contribution >= 0.6 is 0 Å². The molecule has 0 atom stereocenters. The number of nitrogens with zero attached hydrogens (tertiary/aromatic N) is 3. The van der Waals surface area contributed by atoms with Gasteiger partial charge in [-0.2, -0.15) is 0 Å². The minimum Gasteiger partial charge on any atom is -0.378 e. The van der Waals surface area contributed by atoms with Crippen molar-refractivity contribution in [3.8, 4) is 0 Å². The fraction of sp³-hybridized carbons (Fsp3) is 0.227. The van der Waals surface area contributed by atoms with Gasteiger partial charge in [-0.1, -0.05) is 0 Å². The quantitative estimate of drug-likeness (QED) is 0.624. The van der Waals surface area contributed by atoms with Gasteiger partial charge in [-0.3, -0.25) is 9.78 Å². The normalized spacial score (nSPS) is 13.9. The molecule has 8 heteroatoms. The average Bonchev–Trinajstić information content (AvgIpc) is 2.77. The van der Waals surface area contributed by atoms with Crippen molar-refractivity contribution >= 4 is 23.0 Å². The molecule has 4 rings (SSSR count). The van der Waals surface area contributed by atoms with Gasteiger partial charge in [0, 0.05) is 43.5 Å². The van der Waals surface area contributed by atoms with Gasteiger partial charge in [0.2, 0.25) is 0 Å². The van der Waals surface area contributed by atoms with E-state index in [0.717, 1.165) is 31.0 Å². The van der Waals surface area contributed by atoms with Gasteiger partial charge in [-0.15, -0.1) is 0 Å². The summed E-state index contributed by atoms with van der Waals surface area (Å²) < 4.78 is 32.4. The van der Waals surface area contributed by atoms with Gasteiger partial charge < -0.3 is 15.0 Å². The highest BCUT2D eigenvalue weighted by atomic mass is 19.1. The molecule has 1 N–H and O–H groups in total. The number of nitrogens with one attached hydrogen (secondary N) is 1. The van der Waals surface area contributed by atoms with E-state index < -0.39 is 11.6 Å². The van der Waals surface area contributed by atoms with E-state index in [1.807, 2.05) is 6.07 Å². The van der Waals surface area contributed by atoms with Crippen molar-refractivity contribution in [2.45, 2.75) is 6.42 Å². The second-order valence-electron chi connectivity index (χ2n) is 6.89. The van der Waals surface area contributed by atoms with Gasteiger partial charge in [0.05, 0.1) is 30.8 Å². The lowest BCUT2D eigenvalue weighted by molar-refractivity contribution is 0.0992. The molecule has 1 aliphatic heterocycles. The largest absolute Gasteiger partial charge is 0.378 e. The maximum atomic E-state index is 14.0. The predicted octanol–water partition coefficient (Wildman–Crippen LogP) is 3.76. The number of aromatic nitrogens is 2. The van der Waals surface area contributed by atoms with Crippen molar-refractivity contribution in [1.82, 2.24) is 9.97 Å². The smallest absolute Gasteiger partial charge is 0.168 e. The highest BCUT2D eigenvalue weighted by Gasteiger charge is 2.15. The Kier molecular flexibility index (Phi) is 5.94. The van der Waals surface area contributed by atoms with Crippen LogP contribution in [0.3, 0.4) is 0 Å². The fourth-order valence-electron chi connectivity index (χ4n) is 3.23. The molecule has 0 spiro atoms. The van der Waals surface area contributed by atoms with Crippen LogP contribution in [0.4, 0.5) is 26.0 Å². The van der Waals surface area contributed by atoms with Gasteiger partial charge in [0.15, 0.2) is 5.78 Å². The minimum atomic E-state index is -0.723. The first-order valence-electron chi connectivity index (χ1n) is 9.57. The van der Waals surface area contributed by atoms with Gasteiger partial charge in [-0.05, 0) is 35.9 Å². The van der Waals surface area contributed by atoms with Crippen LogP contribution in [0.2, 0.25) is 0 Å². The molecule has 1 aliphatic rings. The molecule has 6 nitrogen and oxygen atoms in total. The number of ketones is 1. The van der Waals surface area contributed by atoms with Crippen molar-refractivity contribution < 1.29 is 18.3 Å². The molecule has 3 aromatic rings. The van der Waals surface area contributed by atoms with Crippen LogP contribution in [-0.4, -0.2) is 42.1 Å². The molecule has 0 bridgehead atoms. The Bertz CT molecular complexity index is 1040. The Balaban J connectivity index is 1.48. The van der Waals surface area contributed by atoms with Crippen LogP contribution in [0.25, 0.3) is 0 Å². The molecular weight excluding hydrogens is 390 g/mol. The molecular formula is C22H20F2N4O2. The number of benzene rings is 1. The van der Waals surface area contributed by atoms with E-state index in [1.165, 1.54) is 12.3 Å². The van der Waals surface area contributed by atoms with Gasteiger partial charge in [0.1, 0.15) is 17.5 Å². The maximum absolute atomic E-state index is 14.0. The van der Waals surface area contributed by atoms with Crippen LogP contribution in [0.1, 0.15) is 15.9 Å². The molecule has 0 radical (unpaired) electrons. The Hall–Kier alpha value is -3.39. The third-order valence-corrected chi connectivity index (χ3v) is 4.87. The van der Waals surface area contributed by atoms with E-state index >= 15 is 0 Å². The molecule has 0 unspecified atom stereocenters. The summed E-state index contributed by atoms with van der Waals surface area (Å²) in [5.41, 5.74) is 1.72. The summed E-state index contributed by atoms with van der Waals surface area (Å²) in [4.78, 5) is 23.3. The second kappa shape index (κ2) is 8.96.